The Morgan fingerprint density at radius 1 is 1.03 bits per heavy atom. The van der Waals surface area contributed by atoms with Crippen molar-refractivity contribution in [3.05, 3.63) is 36.5 Å². The SMILES string of the molecule is Cc1cnc(NC2CCN(S(=O)(=O)c3cnn(C)c3)CC2)nc1-c1cnn(C2CCOCC2)c1. The summed E-state index contributed by atoms with van der Waals surface area (Å²) in [7, 11) is -1.81. The zero-order valence-corrected chi connectivity index (χ0v) is 20.3. The van der Waals surface area contributed by atoms with E-state index in [2.05, 4.69) is 26.7 Å². The van der Waals surface area contributed by atoms with Crippen molar-refractivity contribution in [1.82, 2.24) is 33.8 Å². The highest BCUT2D eigenvalue weighted by Crippen LogP contribution is 2.27. The lowest BCUT2D eigenvalue weighted by Gasteiger charge is -2.31. The number of hydrogen-bond donors (Lipinski definition) is 1. The molecule has 0 unspecified atom stereocenters. The van der Waals surface area contributed by atoms with Crippen LogP contribution in [0.25, 0.3) is 11.3 Å². The Bertz CT molecular complexity index is 1240. The van der Waals surface area contributed by atoms with E-state index in [1.807, 2.05) is 24.0 Å². The molecule has 3 aromatic heterocycles. The van der Waals surface area contributed by atoms with Crippen molar-refractivity contribution in [3.8, 4) is 11.3 Å². The summed E-state index contributed by atoms with van der Waals surface area (Å²) in [5, 5.41) is 12.0. The van der Waals surface area contributed by atoms with E-state index in [0.29, 0.717) is 37.9 Å². The second-order valence-electron chi connectivity index (χ2n) is 8.95. The molecule has 5 rings (SSSR count). The largest absolute Gasteiger partial charge is 0.381 e. The minimum absolute atomic E-state index is 0.0980. The Kier molecular flexibility index (Phi) is 6.36. The lowest BCUT2D eigenvalue weighted by molar-refractivity contribution is 0.0662. The molecular weight excluding hydrogens is 456 g/mol. The Morgan fingerprint density at radius 3 is 2.50 bits per heavy atom. The van der Waals surface area contributed by atoms with Crippen LogP contribution in [0.5, 0.6) is 0 Å². The van der Waals surface area contributed by atoms with Gasteiger partial charge in [0.15, 0.2) is 0 Å². The zero-order chi connectivity index (χ0) is 23.7. The molecule has 11 nitrogen and oxygen atoms in total. The molecule has 2 aliphatic heterocycles. The molecule has 0 radical (unpaired) electrons. The average Bonchev–Trinajstić information content (AvgIpc) is 3.51. The lowest BCUT2D eigenvalue weighted by Crippen LogP contribution is -2.42. The van der Waals surface area contributed by atoms with Crippen LogP contribution in [0.3, 0.4) is 0 Å². The number of aromatic nitrogens is 6. The summed E-state index contributed by atoms with van der Waals surface area (Å²) in [6, 6.07) is 0.455. The number of ether oxygens (including phenoxy) is 1. The van der Waals surface area contributed by atoms with Gasteiger partial charge in [-0.1, -0.05) is 0 Å². The molecule has 0 spiro atoms. The number of sulfonamides is 1. The highest BCUT2D eigenvalue weighted by atomic mass is 32.2. The Morgan fingerprint density at radius 2 is 1.79 bits per heavy atom. The molecule has 2 aliphatic rings. The normalized spacial score (nSPS) is 18.9. The van der Waals surface area contributed by atoms with Crippen LogP contribution in [0.2, 0.25) is 0 Å². The molecule has 5 heterocycles. The summed E-state index contributed by atoms with van der Waals surface area (Å²) < 4.78 is 36.2. The standard InChI is InChI=1S/C22H30N8O3S/c1-16-11-23-22(27-21(16)17-12-25-30(14-17)19-5-9-33-10-6-19)26-18-3-7-29(8-4-18)34(31,32)20-13-24-28(2)15-20/h11-15,18-19H,3-10H2,1-2H3,(H,23,26,27). The summed E-state index contributed by atoms with van der Waals surface area (Å²) >= 11 is 0. The molecule has 0 aliphatic carbocycles. The van der Waals surface area contributed by atoms with E-state index in [9.17, 15) is 8.42 Å². The van der Waals surface area contributed by atoms with Crippen LogP contribution in [0.4, 0.5) is 5.95 Å². The summed E-state index contributed by atoms with van der Waals surface area (Å²) in [6.07, 6.45) is 11.9. The lowest BCUT2D eigenvalue weighted by atomic mass is 10.1. The molecule has 0 atom stereocenters. The number of anilines is 1. The Hall–Kier alpha value is -2.83. The van der Waals surface area contributed by atoms with Crippen LogP contribution < -0.4 is 5.32 Å². The zero-order valence-electron chi connectivity index (χ0n) is 19.5. The fraction of sp³-hybridized carbons (Fsp3) is 0.545. The van der Waals surface area contributed by atoms with E-state index in [0.717, 1.165) is 42.9 Å². The number of hydrogen-bond acceptors (Lipinski definition) is 8. The van der Waals surface area contributed by atoms with Gasteiger partial charge in [0.1, 0.15) is 4.90 Å². The first-order valence-electron chi connectivity index (χ1n) is 11.6. The third-order valence-electron chi connectivity index (χ3n) is 6.52. The van der Waals surface area contributed by atoms with Crippen molar-refractivity contribution >= 4 is 16.0 Å². The summed E-state index contributed by atoms with van der Waals surface area (Å²) in [5.74, 6) is 0.549. The molecule has 12 heteroatoms. The number of aryl methyl sites for hydroxylation is 2. The fourth-order valence-corrected chi connectivity index (χ4v) is 5.97. The van der Waals surface area contributed by atoms with Crippen LogP contribution in [0.15, 0.2) is 35.9 Å². The Balaban J connectivity index is 1.24. The molecule has 182 valence electrons. The van der Waals surface area contributed by atoms with Gasteiger partial charge in [-0.25, -0.2) is 18.4 Å². The van der Waals surface area contributed by atoms with Crippen molar-refractivity contribution < 1.29 is 13.2 Å². The first-order valence-corrected chi connectivity index (χ1v) is 13.1. The van der Waals surface area contributed by atoms with E-state index in [1.54, 1.807) is 7.05 Å². The van der Waals surface area contributed by atoms with Gasteiger partial charge in [-0.2, -0.15) is 14.5 Å². The quantitative estimate of drug-likeness (QED) is 0.562. The molecule has 2 saturated heterocycles. The highest BCUT2D eigenvalue weighted by molar-refractivity contribution is 7.89. The maximum atomic E-state index is 12.8. The van der Waals surface area contributed by atoms with Crippen LogP contribution in [0, 0.1) is 6.92 Å². The number of piperidine rings is 1. The second kappa shape index (κ2) is 9.43. The molecule has 2 fully saturated rings. The number of rotatable bonds is 6. The average molecular weight is 487 g/mol. The van der Waals surface area contributed by atoms with Gasteiger partial charge in [0.05, 0.1) is 24.1 Å². The first kappa shape index (κ1) is 22.9. The van der Waals surface area contributed by atoms with Crippen molar-refractivity contribution in [2.24, 2.45) is 7.05 Å². The van der Waals surface area contributed by atoms with E-state index < -0.39 is 10.0 Å². The topological polar surface area (TPSA) is 120 Å². The van der Waals surface area contributed by atoms with Gasteiger partial charge in [-0.3, -0.25) is 9.36 Å². The molecule has 1 N–H and O–H groups in total. The van der Waals surface area contributed by atoms with Crippen molar-refractivity contribution in [2.75, 3.05) is 31.6 Å². The predicted molar refractivity (Wildman–Crippen MR) is 126 cm³/mol. The Labute approximate surface area is 199 Å². The first-order chi connectivity index (χ1) is 16.4. The van der Waals surface area contributed by atoms with Crippen molar-refractivity contribution in [3.63, 3.8) is 0 Å². The summed E-state index contributed by atoms with van der Waals surface area (Å²) in [5.41, 5.74) is 2.80. The third-order valence-corrected chi connectivity index (χ3v) is 8.37. The smallest absolute Gasteiger partial charge is 0.246 e. The minimum Gasteiger partial charge on any atom is -0.381 e. The van der Waals surface area contributed by atoms with Gasteiger partial charge >= 0.3 is 0 Å². The van der Waals surface area contributed by atoms with Gasteiger partial charge in [-0.05, 0) is 38.2 Å². The van der Waals surface area contributed by atoms with Gasteiger partial charge in [0, 0.05) is 63.5 Å². The number of nitrogens with zero attached hydrogens (tertiary/aromatic N) is 7. The summed E-state index contributed by atoms with van der Waals surface area (Å²) in [6.45, 7) is 4.40. The van der Waals surface area contributed by atoms with Crippen LogP contribution >= 0.6 is 0 Å². The molecule has 0 aromatic carbocycles. The fourth-order valence-electron chi connectivity index (χ4n) is 4.52. The van der Waals surface area contributed by atoms with Crippen molar-refractivity contribution in [2.45, 2.75) is 49.6 Å². The molecule has 3 aromatic rings. The maximum Gasteiger partial charge on any atom is 0.246 e. The third kappa shape index (κ3) is 4.70. The minimum atomic E-state index is -3.52. The van der Waals surface area contributed by atoms with E-state index in [4.69, 9.17) is 9.72 Å². The predicted octanol–water partition coefficient (Wildman–Crippen LogP) is 2.00. The van der Waals surface area contributed by atoms with Gasteiger partial charge < -0.3 is 10.1 Å². The van der Waals surface area contributed by atoms with Gasteiger partial charge in [-0.15, -0.1) is 0 Å². The monoisotopic (exact) mass is 486 g/mol. The van der Waals surface area contributed by atoms with E-state index >= 15 is 0 Å². The summed E-state index contributed by atoms with van der Waals surface area (Å²) in [4.78, 5) is 9.47. The molecule has 0 amide bonds. The highest BCUT2D eigenvalue weighted by Gasteiger charge is 2.30. The molecule has 0 saturated carbocycles. The van der Waals surface area contributed by atoms with Crippen molar-refractivity contribution in [1.29, 1.82) is 0 Å². The maximum absolute atomic E-state index is 12.8. The van der Waals surface area contributed by atoms with E-state index in [-0.39, 0.29) is 10.9 Å². The molecular formula is C22H30N8O3S. The molecule has 34 heavy (non-hydrogen) atoms. The second-order valence-corrected chi connectivity index (χ2v) is 10.9. The van der Waals surface area contributed by atoms with Gasteiger partial charge in [0.25, 0.3) is 0 Å². The van der Waals surface area contributed by atoms with Crippen LogP contribution in [-0.4, -0.2) is 74.6 Å². The molecule has 0 bridgehead atoms. The van der Waals surface area contributed by atoms with Crippen LogP contribution in [-0.2, 0) is 21.8 Å². The van der Waals surface area contributed by atoms with Gasteiger partial charge in [0.2, 0.25) is 16.0 Å². The van der Waals surface area contributed by atoms with E-state index in [1.165, 1.54) is 21.4 Å². The number of nitrogens with one attached hydrogen (secondary N) is 1. The van der Waals surface area contributed by atoms with Crippen LogP contribution in [0.1, 0.15) is 37.3 Å².